The van der Waals surface area contributed by atoms with Crippen LogP contribution in [0.3, 0.4) is 0 Å². The number of halogens is 1. The van der Waals surface area contributed by atoms with E-state index >= 15 is 0 Å². The zero-order valence-electron chi connectivity index (χ0n) is 19.5. The molecule has 35 heavy (non-hydrogen) atoms. The third-order valence-electron chi connectivity index (χ3n) is 5.09. The smallest absolute Gasteiger partial charge is 0.408 e. The van der Waals surface area contributed by atoms with Gasteiger partial charge in [0.15, 0.2) is 0 Å². The highest BCUT2D eigenvalue weighted by atomic mass is 35.5. The van der Waals surface area contributed by atoms with Crippen molar-refractivity contribution in [2.24, 2.45) is 0 Å². The van der Waals surface area contributed by atoms with Crippen LogP contribution in [0, 0.1) is 0 Å². The van der Waals surface area contributed by atoms with E-state index in [-0.39, 0.29) is 22.0 Å². The Morgan fingerprint density at radius 3 is 2.57 bits per heavy atom. The van der Waals surface area contributed by atoms with Gasteiger partial charge in [0.2, 0.25) is 5.91 Å². The quantitative estimate of drug-likeness (QED) is 0.416. The van der Waals surface area contributed by atoms with Crippen LogP contribution >= 0.6 is 23.4 Å². The standard InChI is InChI=1S/C23H26ClN3O7S/c1-5-6-12-10-35-20-16(19(30)27(20)17(12)21(31)32)25-18(29)15(26-22(33)34-23(2,3)4)11-7-8-14(28)13(24)9-11/h5-9,15-16,20,28H,10H2,1-4H3,(H,25,29)(H,26,33)(H,31,32)/b6-5-/t15?,16-,20+/m1/s1. The van der Waals surface area contributed by atoms with E-state index in [9.17, 15) is 29.4 Å². The van der Waals surface area contributed by atoms with E-state index in [1.54, 1.807) is 39.8 Å². The molecular formula is C23H26ClN3O7S. The molecule has 3 rings (SSSR count). The molecule has 2 heterocycles. The zero-order chi connectivity index (χ0) is 26.1. The van der Waals surface area contributed by atoms with E-state index in [0.29, 0.717) is 11.3 Å². The molecule has 10 nitrogen and oxygen atoms in total. The van der Waals surface area contributed by atoms with Crippen molar-refractivity contribution in [3.63, 3.8) is 0 Å². The van der Waals surface area contributed by atoms with Gasteiger partial charge in [-0.2, -0.15) is 0 Å². The molecule has 2 aliphatic rings. The van der Waals surface area contributed by atoms with Gasteiger partial charge >= 0.3 is 12.1 Å². The van der Waals surface area contributed by atoms with Crippen molar-refractivity contribution < 1.29 is 34.1 Å². The predicted molar refractivity (Wildman–Crippen MR) is 130 cm³/mol. The Morgan fingerprint density at radius 1 is 1.31 bits per heavy atom. The second-order valence-electron chi connectivity index (χ2n) is 8.87. The number of allylic oxidation sites excluding steroid dienone is 2. The first-order valence-electron chi connectivity index (χ1n) is 10.7. The van der Waals surface area contributed by atoms with Gasteiger partial charge in [-0.1, -0.05) is 29.8 Å². The van der Waals surface area contributed by atoms with Gasteiger partial charge in [0.25, 0.3) is 5.91 Å². The summed E-state index contributed by atoms with van der Waals surface area (Å²) in [6.07, 6.45) is 2.46. The van der Waals surface area contributed by atoms with Crippen LogP contribution in [0.15, 0.2) is 41.6 Å². The molecule has 0 bridgehead atoms. The monoisotopic (exact) mass is 523 g/mol. The number of thioether (sulfide) groups is 1. The van der Waals surface area contributed by atoms with Crippen LogP contribution in [0.1, 0.15) is 39.3 Å². The Kier molecular flexibility index (Phi) is 7.71. The Morgan fingerprint density at radius 2 is 2.00 bits per heavy atom. The fourth-order valence-corrected chi connectivity index (χ4v) is 5.14. The molecule has 0 radical (unpaired) electrons. The summed E-state index contributed by atoms with van der Waals surface area (Å²) < 4.78 is 5.25. The number of aliphatic carboxylic acids is 1. The van der Waals surface area contributed by atoms with Gasteiger partial charge in [0.1, 0.15) is 34.5 Å². The second kappa shape index (κ2) is 10.2. The molecule has 3 atom stereocenters. The van der Waals surface area contributed by atoms with Gasteiger partial charge in [-0.25, -0.2) is 9.59 Å². The number of nitrogens with zero attached hydrogens (tertiary/aromatic N) is 1. The van der Waals surface area contributed by atoms with Crippen LogP contribution in [-0.2, 0) is 19.1 Å². The number of hydrogen-bond acceptors (Lipinski definition) is 7. The minimum Gasteiger partial charge on any atom is -0.506 e. The largest absolute Gasteiger partial charge is 0.506 e. The highest BCUT2D eigenvalue weighted by Gasteiger charge is 2.54. The number of β-lactam (4-membered cyclic amide) rings is 1. The number of rotatable bonds is 6. The van der Waals surface area contributed by atoms with Crippen molar-refractivity contribution in [1.82, 2.24) is 15.5 Å². The number of phenolic OH excluding ortho intramolecular Hbond substituents is 1. The number of carbonyl (C=O) groups excluding carboxylic acids is 3. The molecule has 0 saturated carbocycles. The molecule has 4 N–H and O–H groups in total. The number of phenols is 1. The topological polar surface area (TPSA) is 145 Å². The molecule has 1 unspecified atom stereocenters. The predicted octanol–water partition coefficient (Wildman–Crippen LogP) is 2.93. The normalized spacial score (nSPS) is 20.7. The number of nitrogens with one attached hydrogen (secondary N) is 2. The molecule has 1 aromatic rings. The number of carboxylic acids is 1. The third kappa shape index (κ3) is 5.73. The Balaban J connectivity index is 1.84. The van der Waals surface area contributed by atoms with Crippen LogP contribution in [0.2, 0.25) is 5.02 Å². The SMILES string of the molecule is C/C=C\C1=C(C(=O)O)N2C(=O)[C@@H](NC(=O)C(NC(=O)OC(C)(C)C)c3ccc(O)c(Cl)c3)[C@@H]2SC1. The van der Waals surface area contributed by atoms with Gasteiger partial charge in [0, 0.05) is 5.75 Å². The summed E-state index contributed by atoms with van der Waals surface area (Å²) in [6, 6.07) is 1.70. The number of hydrogen-bond donors (Lipinski definition) is 4. The van der Waals surface area contributed by atoms with Gasteiger partial charge in [-0.15, -0.1) is 11.8 Å². The van der Waals surface area contributed by atoms with Gasteiger partial charge in [-0.05, 0) is 51.0 Å². The summed E-state index contributed by atoms with van der Waals surface area (Å²) in [5, 5.41) is 23.8. The van der Waals surface area contributed by atoms with Crippen molar-refractivity contribution in [1.29, 1.82) is 0 Å². The van der Waals surface area contributed by atoms with Crippen LogP contribution in [-0.4, -0.2) is 61.8 Å². The fraction of sp³-hybridized carbons (Fsp3) is 0.391. The molecular weight excluding hydrogens is 498 g/mol. The lowest BCUT2D eigenvalue weighted by Crippen LogP contribution is -2.71. The lowest BCUT2D eigenvalue weighted by atomic mass is 10.0. The highest BCUT2D eigenvalue weighted by molar-refractivity contribution is 8.00. The minimum absolute atomic E-state index is 0.0345. The number of carboxylic acid groups (broad SMARTS) is 1. The van der Waals surface area contributed by atoms with Crippen molar-refractivity contribution in [3.05, 3.63) is 52.2 Å². The number of fused-ring (bicyclic) bond motifs is 1. The molecule has 3 amide bonds. The van der Waals surface area contributed by atoms with Gasteiger partial charge < -0.3 is 25.6 Å². The number of amides is 3. The van der Waals surface area contributed by atoms with E-state index in [1.165, 1.54) is 30.0 Å². The van der Waals surface area contributed by atoms with E-state index in [0.717, 1.165) is 4.90 Å². The summed E-state index contributed by atoms with van der Waals surface area (Å²) in [4.78, 5) is 51.5. The van der Waals surface area contributed by atoms with E-state index < -0.39 is 46.9 Å². The highest BCUT2D eigenvalue weighted by Crippen LogP contribution is 2.41. The van der Waals surface area contributed by atoms with Gasteiger partial charge in [0.05, 0.1) is 5.02 Å². The maximum absolute atomic E-state index is 13.2. The van der Waals surface area contributed by atoms with Crippen molar-refractivity contribution in [3.8, 4) is 5.75 Å². The Bertz CT molecular complexity index is 1130. The van der Waals surface area contributed by atoms with Crippen molar-refractivity contribution >= 4 is 47.2 Å². The number of alkyl carbamates (subject to hydrolysis) is 1. The Hall–Kier alpha value is -3.18. The molecule has 1 saturated heterocycles. The first kappa shape index (κ1) is 26.4. The number of aromatic hydroxyl groups is 1. The summed E-state index contributed by atoms with van der Waals surface area (Å²) in [5.74, 6) is -2.39. The summed E-state index contributed by atoms with van der Waals surface area (Å²) >= 11 is 7.31. The molecule has 0 aliphatic carbocycles. The molecule has 1 aromatic carbocycles. The molecule has 188 valence electrons. The van der Waals surface area contributed by atoms with E-state index in [2.05, 4.69) is 10.6 Å². The lowest BCUT2D eigenvalue weighted by Gasteiger charge is -2.49. The number of benzene rings is 1. The first-order chi connectivity index (χ1) is 16.3. The average molecular weight is 524 g/mol. The van der Waals surface area contributed by atoms with Crippen LogP contribution in [0.5, 0.6) is 5.75 Å². The van der Waals surface area contributed by atoms with Crippen LogP contribution in [0.25, 0.3) is 0 Å². The second-order valence-corrected chi connectivity index (χ2v) is 10.4. The minimum atomic E-state index is -1.30. The summed E-state index contributed by atoms with van der Waals surface area (Å²) in [5.41, 5.74) is -0.193. The van der Waals surface area contributed by atoms with E-state index in [1.807, 2.05) is 0 Å². The zero-order valence-corrected chi connectivity index (χ0v) is 21.1. The summed E-state index contributed by atoms with van der Waals surface area (Å²) in [6.45, 7) is 6.74. The number of ether oxygens (including phenoxy) is 1. The number of carbonyl (C=O) groups is 4. The maximum atomic E-state index is 13.2. The average Bonchev–Trinajstić information content (AvgIpc) is 2.76. The fourth-order valence-electron chi connectivity index (χ4n) is 3.64. The van der Waals surface area contributed by atoms with Crippen LogP contribution in [0.4, 0.5) is 4.79 Å². The lowest BCUT2D eigenvalue weighted by molar-refractivity contribution is -0.150. The van der Waals surface area contributed by atoms with Crippen LogP contribution < -0.4 is 10.6 Å². The molecule has 0 aromatic heterocycles. The third-order valence-corrected chi connectivity index (χ3v) is 6.70. The van der Waals surface area contributed by atoms with Gasteiger partial charge in [-0.3, -0.25) is 14.5 Å². The first-order valence-corrected chi connectivity index (χ1v) is 12.1. The summed E-state index contributed by atoms with van der Waals surface area (Å²) in [7, 11) is 0. The maximum Gasteiger partial charge on any atom is 0.408 e. The van der Waals surface area contributed by atoms with E-state index in [4.69, 9.17) is 16.3 Å². The molecule has 0 spiro atoms. The van der Waals surface area contributed by atoms with Crippen molar-refractivity contribution in [2.45, 2.75) is 50.8 Å². The molecule has 2 aliphatic heterocycles. The molecule has 12 heteroatoms. The Labute approximate surface area is 211 Å². The molecule has 1 fully saturated rings. The van der Waals surface area contributed by atoms with Crippen molar-refractivity contribution in [2.75, 3.05) is 5.75 Å².